The molecule has 0 heterocycles. The van der Waals surface area contributed by atoms with E-state index in [0.29, 0.717) is 12.8 Å². The highest BCUT2D eigenvalue weighted by Crippen LogP contribution is 2.27. The van der Waals surface area contributed by atoms with Gasteiger partial charge in [-0.1, -0.05) is 61.6 Å². The van der Waals surface area contributed by atoms with E-state index in [1.165, 1.54) is 0 Å². The summed E-state index contributed by atoms with van der Waals surface area (Å²) >= 11 is 0. The number of allylic oxidation sites excluding steroid dienone is 8. The highest BCUT2D eigenvalue weighted by atomic mass is 16.4. The standard InChI is InChI=1S/C22H30O4/c1-2-3-8-12-20-18(15-17-21(20)24)14-16-19(23)11-9-6-4-5-7-10-13-22(25)26/h3,5-9,14-20,23H,2,4,10-13H2,1H3,(H,25,26)/b7-5-,8-3-,9-6-,16-14+/t18-,19+,20-/m1/s1. The van der Waals surface area contributed by atoms with Crippen LogP contribution < -0.4 is 0 Å². The van der Waals surface area contributed by atoms with Crippen molar-refractivity contribution >= 4 is 11.8 Å². The zero-order valence-electron chi connectivity index (χ0n) is 15.5. The number of aliphatic carboxylic acids is 1. The Morgan fingerprint density at radius 2 is 1.96 bits per heavy atom. The first-order valence-corrected chi connectivity index (χ1v) is 9.29. The van der Waals surface area contributed by atoms with Crippen LogP contribution in [0.3, 0.4) is 0 Å². The molecule has 26 heavy (non-hydrogen) atoms. The molecule has 2 N–H and O–H groups in total. The molecule has 0 aliphatic heterocycles. The van der Waals surface area contributed by atoms with E-state index < -0.39 is 12.1 Å². The first-order chi connectivity index (χ1) is 12.5. The van der Waals surface area contributed by atoms with Gasteiger partial charge in [-0.05, 0) is 38.2 Å². The molecule has 1 aliphatic rings. The summed E-state index contributed by atoms with van der Waals surface area (Å²) in [4.78, 5) is 22.3. The van der Waals surface area contributed by atoms with Crippen LogP contribution in [0.5, 0.6) is 0 Å². The molecule has 0 spiro atoms. The Morgan fingerprint density at radius 1 is 1.19 bits per heavy atom. The van der Waals surface area contributed by atoms with Crippen LogP contribution >= 0.6 is 0 Å². The summed E-state index contributed by atoms with van der Waals surface area (Å²) < 4.78 is 0. The van der Waals surface area contributed by atoms with Crippen LogP contribution in [0.15, 0.2) is 60.8 Å². The van der Waals surface area contributed by atoms with Gasteiger partial charge in [0.25, 0.3) is 0 Å². The molecule has 1 aliphatic carbocycles. The molecular weight excluding hydrogens is 328 g/mol. The molecule has 3 atom stereocenters. The van der Waals surface area contributed by atoms with Gasteiger partial charge in [-0.3, -0.25) is 9.59 Å². The molecule has 0 saturated carbocycles. The summed E-state index contributed by atoms with van der Waals surface area (Å²) in [7, 11) is 0. The molecule has 0 aromatic heterocycles. The zero-order valence-corrected chi connectivity index (χ0v) is 15.5. The van der Waals surface area contributed by atoms with Crippen LogP contribution in [0.2, 0.25) is 0 Å². The van der Waals surface area contributed by atoms with Gasteiger partial charge in [0.05, 0.1) is 6.10 Å². The second-order valence-electron chi connectivity index (χ2n) is 6.36. The van der Waals surface area contributed by atoms with Gasteiger partial charge < -0.3 is 10.2 Å². The van der Waals surface area contributed by atoms with E-state index in [-0.39, 0.29) is 24.0 Å². The minimum Gasteiger partial charge on any atom is -0.481 e. The van der Waals surface area contributed by atoms with Gasteiger partial charge >= 0.3 is 5.97 Å². The number of ketones is 1. The van der Waals surface area contributed by atoms with Crippen LogP contribution in [0.1, 0.15) is 45.4 Å². The first kappa shape index (κ1) is 21.8. The molecule has 0 saturated heterocycles. The number of carboxylic acids is 1. The first-order valence-electron chi connectivity index (χ1n) is 9.29. The lowest BCUT2D eigenvalue weighted by atomic mass is 9.90. The smallest absolute Gasteiger partial charge is 0.303 e. The fourth-order valence-electron chi connectivity index (χ4n) is 2.70. The lowest BCUT2D eigenvalue weighted by Gasteiger charge is -2.13. The van der Waals surface area contributed by atoms with Crippen LogP contribution in [0.4, 0.5) is 0 Å². The van der Waals surface area contributed by atoms with Gasteiger partial charge in [-0.2, -0.15) is 0 Å². The van der Waals surface area contributed by atoms with E-state index in [9.17, 15) is 14.7 Å². The van der Waals surface area contributed by atoms with E-state index in [0.717, 1.165) is 19.3 Å². The molecule has 142 valence electrons. The predicted octanol–water partition coefficient (Wildman–Crippen LogP) is 4.39. The Balaban J connectivity index is 2.32. The number of carboxylic acid groups (broad SMARTS) is 1. The maximum Gasteiger partial charge on any atom is 0.303 e. The Kier molecular flexibility index (Phi) is 11.0. The summed E-state index contributed by atoms with van der Waals surface area (Å²) in [5, 5.41) is 18.6. The van der Waals surface area contributed by atoms with Gasteiger partial charge in [0, 0.05) is 18.3 Å². The second kappa shape index (κ2) is 13.1. The lowest BCUT2D eigenvalue weighted by molar-refractivity contribution is -0.136. The molecule has 0 bridgehead atoms. The minimum absolute atomic E-state index is 0.0484. The van der Waals surface area contributed by atoms with E-state index >= 15 is 0 Å². The van der Waals surface area contributed by atoms with Gasteiger partial charge in [-0.15, -0.1) is 0 Å². The Labute approximate surface area is 156 Å². The predicted molar refractivity (Wildman–Crippen MR) is 105 cm³/mol. The summed E-state index contributed by atoms with van der Waals surface area (Å²) in [5.41, 5.74) is 0. The third kappa shape index (κ3) is 9.33. The van der Waals surface area contributed by atoms with Gasteiger partial charge in [0.1, 0.15) is 0 Å². The van der Waals surface area contributed by atoms with E-state index in [4.69, 9.17) is 5.11 Å². The molecule has 1 rings (SSSR count). The Morgan fingerprint density at radius 3 is 2.69 bits per heavy atom. The number of rotatable bonds is 12. The molecule has 4 heteroatoms. The monoisotopic (exact) mass is 358 g/mol. The zero-order chi connectivity index (χ0) is 19.2. The third-order valence-corrected chi connectivity index (χ3v) is 4.17. The number of aliphatic hydroxyl groups excluding tert-OH is 1. The van der Waals surface area contributed by atoms with Crippen molar-refractivity contribution in [3.05, 3.63) is 60.8 Å². The largest absolute Gasteiger partial charge is 0.481 e. The van der Waals surface area contributed by atoms with Crippen molar-refractivity contribution in [2.45, 2.75) is 51.6 Å². The number of aliphatic hydroxyl groups is 1. The molecule has 0 aromatic rings. The van der Waals surface area contributed by atoms with Crippen molar-refractivity contribution < 1.29 is 19.8 Å². The van der Waals surface area contributed by atoms with Crippen LogP contribution in [0.25, 0.3) is 0 Å². The average Bonchev–Trinajstić information content (AvgIpc) is 2.95. The SMILES string of the molecule is CC/C=C\C[C@H]1C(=O)C=C[C@H]1/C=C/[C@@H](O)C/C=C\C/C=C\CCC(=O)O. The fraction of sp³-hybridized carbons (Fsp3) is 0.455. The minimum atomic E-state index is -0.789. The van der Waals surface area contributed by atoms with Crippen molar-refractivity contribution in [3.63, 3.8) is 0 Å². The van der Waals surface area contributed by atoms with Crippen molar-refractivity contribution in [1.29, 1.82) is 0 Å². The van der Waals surface area contributed by atoms with Crippen LogP contribution in [0, 0.1) is 11.8 Å². The number of carbonyl (C=O) groups excluding carboxylic acids is 1. The molecule has 4 nitrogen and oxygen atoms in total. The fourth-order valence-corrected chi connectivity index (χ4v) is 2.70. The van der Waals surface area contributed by atoms with E-state index in [1.54, 1.807) is 12.2 Å². The normalized spacial score (nSPS) is 21.8. The Bertz CT molecular complexity index is 581. The summed E-state index contributed by atoms with van der Waals surface area (Å²) in [5.74, 6) is -0.625. The number of hydrogen-bond donors (Lipinski definition) is 2. The molecule has 0 fully saturated rings. The maximum absolute atomic E-state index is 11.9. The van der Waals surface area contributed by atoms with Crippen molar-refractivity contribution in [1.82, 2.24) is 0 Å². The lowest BCUT2D eigenvalue weighted by Crippen LogP contribution is -2.14. The van der Waals surface area contributed by atoms with Crippen LogP contribution in [-0.2, 0) is 9.59 Å². The van der Waals surface area contributed by atoms with Gasteiger partial charge in [-0.25, -0.2) is 0 Å². The number of carbonyl (C=O) groups is 2. The average molecular weight is 358 g/mol. The van der Waals surface area contributed by atoms with Crippen molar-refractivity contribution in [2.24, 2.45) is 11.8 Å². The molecule has 0 aromatic carbocycles. The molecule has 0 amide bonds. The van der Waals surface area contributed by atoms with E-state index in [1.807, 2.05) is 36.5 Å². The summed E-state index contributed by atoms with van der Waals surface area (Å²) in [6, 6.07) is 0. The third-order valence-electron chi connectivity index (χ3n) is 4.17. The molecule has 0 unspecified atom stereocenters. The highest BCUT2D eigenvalue weighted by Gasteiger charge is 2.26. The summed E-state index contributed by atoms with van der Waals surface area (Å²) in [6.07, 6.45) is 22.1. The second-order valence-corrected chi connectivity index (χ2v) is 6.36. The van der Waals surface area contributed by atoms with Crippen molar-refractivity contribution in [3.8, 4) is 0 Å². The topological polar surface area (TPSA) is 74.6 Å². The quantitative estimate of drug-likeness (QED) is 0.507. The van der Waals surface area contributed by atoms with Gasteiger partial charge in [0.2, 0.25) is 0 Å². The highest BCUT2D eigenvalue weighted by molar-refractivity contribution is 5.95. The maximum atomic E-state index is 11.9. The van der Waals surface area contributed by atoms with E-state index in [2.05, 4.69) is 19.1 Å². The number of hydrogen-bond acceptors (Lipinski definition) is 3. The van der Waals surface area contributed by atoms with Crippen molar-refractivity contribution in [2.75, 3.05) is 0 Å². The van der Waals surface area contributed by atoms with Crippen LogP contribution in [-0.4, -0.2) is 28.1 Å². The molecule has 0 radical (unpaired) electrons. The summed E-state index contributed by atoms with van der Waals surface area (Å²) in [6.45, 7) is 2.07. The van der Waals surface area contributed by atoms with Gasteiger partial charge in [0.15, 0.2) is 5.78 Å². The molecular formula is C22H30O4. The Hall–Kier alpha value is -2.20.